The summed E-state index contributed by atoms with van der Waals surface area (Å²) in [6.07, 6.45) is -5.32. The predicted octanol–water partition coefficient (Wildman–Crippen LogP) is 0.996. The van der Waals surface area contributed by atoms with Gasteiger partial charge in [0.1, 0.15) is 0 Å². The Labute approximate surface area is 61.7 Å². The van der Waals surface area contributed by atoms with Crippen LogP contribution in [0.25, 0.3) is 0 Å². The molecule has 11 heavy (non-hydrogen) atoms. The van der Waals surface area contributed by atoms with Crippen LogP contribution in [0.2, 0.25) is 0 Å². The summed E-state index contributed by atoms with van der Waals surface area (Å²) in [7, 11) is 0. The Morgan fingerprint density at radius 2 is 2.09 bits per heavy atom. The maximum absolute atomic E-state index is 11.6. The first-order chi connectivity index (χ1) is 4.81. The van der Waals surface area contributed by atoms with Gasteiger partial charge in [0, 0.05) is 6.04 Å². The average Bonchev–Trinajstić information content (AvgIpc) is 1.53. The van der Waals surface area contributed by atoms with Crippen molar-refractivity contribution in [1.29, 1.82) is 0 Å². The van der Waals surface area contributed by atoms with Gasteiger partial charge in [-0.1, -0.05) is 0 Å². The minimum Gasteiger partial charge on any atom is -0.352 e. The Hall–Kier alpha value is -0.940. The fourth-order valence-corrected chi connectivity index (χ4v) is 0.641. The number of nitrogens with two attached hydrogens (primary N) is 1. The molecule has 66 valence electrons. The first-order valence-electron chi connectivity index (χ1n) is 2.94. The van der Waals surface area contributed by atoms with Gasteiger partial charge in [-0.25, -0.2) is 4.79 Å². The highest BCUT2D eigenvalue weighted by atomic mass is 19.4. The SMILES string of the molecule is CC(CC(F)(F)F)NC(N)=O. The van der Waals surface area contributed by atoms with Crippen LogP contribution in [0.4, 0.5) is 18.0 Å². The Morgan fingerprint density at radius 1 is 1.64 bits per heavy atom. The molecule has 0 bridgehead atoms. The minimum absolute atomic E-state index is 0.943. The van der Waals surface area contributed by atoms with E-state index in [4.69, 9.17) is 0 Å². The average molecular weight is 170 g/mol. The van der Waals surface area contributed by atoms with Gasteiger partial charge in [0.15, 0.2) is 0 Å². The topological polar surface area (TPSA) is 55.1 Å². The largest absolute Gasteiger partial charge is 0.391 e. The second-order valence-corrected chi connectivity index (χ2v) is 2.23. The molecule has 1 atom stereocenters. The Kier molecular flexibility index (Phi) is 3.16. The zero-order valence-corrected chi connectivity index (χ0v) is 5.90. The third-order valence-electron chi connectivity index (χ3n) is 0.926. The number of rotatable bonds is 2. The van der Waals surface area contributed by atoms with E-state index < -0.39 is 24.7 Å². The molecule has 0 aliphatic heterocycles. The number of alkyl halides is 3. The molecule has 0 aliphatic rings. The maximum Gasteiger partial charge on any atom is 0.391 e. The van der Waals surface area contributed by atoms with Gasteiger partial charge in [0.2, 0.25) is 0 Å². The number of hydrogen-bond acceptors (Lipinski definition) is 1. The molecule has 1 unspecified atom stereocenters. The smallest absolute Gasteiger partial charge is 0.352 e. The summed E-state index contributed by atoms with van der Waals surface area (Å²) in [6.45, 7) is 1.23. The van der Waals surface area contributed by atoms with E-state index in [-0.39, 0.29) is 0 Å². The van der Waals surface area contributed by atoms with Crippen molar-refractivity contribution in [3.05, 3.63) is 0 Å². The van der Waals surface area contributed by atoms with E-state index in [2.05, 4.69) is 5.73 Å². The molecule has 0 radical (unpaired) electrons. The van der Waals surface area contributed by atoms with Gasteiger partial charge in [0.05, 0.1) is 6.42 Å². The van der Waals surface area contributed by atoms with Crippen molar-refractivity contribution < 1.29 is 18.0 Å². The lowest BCUT2D eigenvalue weighted by molar-refractivity contribution is -0.138. The van der Waals surface area contributed by atoms with E-state index in [1.165, 1.54) is 6.92 Å². The fraction of sp³-hybridized carbons (Fsp3) is 0.800. The van der Waals surface area contributed by atoms with Gasteiger partial charge in [-0.2, -0.15) is 13.2 Å². The molecule has 0 rings (SSSR count). The molecule has 0 heterocycles. The van der Waals surface area contributed by atoms with Crippen LogP contribution in [0.1, 0.15) is 13.3 Å². The molecule has 2 amide bonds. The van der Waals surface area contributed by atoms with E-state index in [1.807, 2.05) is 5.32 Å². The van der Waals surface area contributed by atoms with Crippen LogP contribution in [0.5, 0.6) is 0 Å². The van der Waals surface area contributed by atoms with Crippen LogP contribution in [0.3, 0.4) is 0 Å². The first-order valence-corrected chi connectivity index (χ1v) is 2.94. The summed E-state index contributed by atoms with van der Waals surface area (Å²) < 4.78 is 34.7. The standard InChI is InChI=1S/C5H9F3N2O/c1-3(10-4(9)11)2-5(6,7)8/h3H,2H2,1H3,(H3,9,10,11). The summed E-state index contributed by atoms with van der Waals surface area (Å²) in [6, 6.07) is -1.91. The number of carbonyl (C=O) groups is 1. The third kappa shape index (κ3) is 6.95. The van der Waals surface area contributed by atoms with Crippen LogP contribution in [-0.4, -0.2) is 18.2 Å². The number of primary amides is 1. The molecule has 0 fully saturated rings. The normalized spacial score (nSPS) is 14.2. The zero-order chi connectivity index (χ0) is 9.07. The molecule has 0 aliphatic carbocycles. The van der Waals surface area contributed by atoms with Crippen molar-refractivity contribution in [1.82, 2.24) is 5.32 Å². The second kappa shape index (κ2) is 3.45. The van der Waals surface area contributed by atoms with Crippen molar-refractivity contribution in [2.75, 3.05) is 0 Å². The number of carbonyl (C=O) groups excluding carboxylic acids is 1. The molecule has 0 aromatic rings. The van der Waals surface area contributed by atoms with Crippen molar-refractivity contribution in [3.63, 3.8) is 0 Å². The Balaban J connectivity index is 3.69. The van der Waals surface area contributed by atoms with Crippen LogP contribution >= 0.6 is 0 Å². The van der Waals surface area contributed by atoms with Crippen molar-refractivity contribution in [2.45, 2.75) is 25.6 Å². The summed E-state index contributed by atoms with van der Waals surface area (Å²) in [5.41, 5.74) is 4.59. The van der Waals surface area contributed by atoms with E-state index in [9.17, 15) is 18.0 Å². The number of amides is 2. The lowest BCUT2D eigenvalue weighted by Gasteiger charge is -2.13. The van der Waals surface area contributed by atoms with Gasteiger partial charge in [-0.3, -0.25) is 0 Å². The number of nitrogens with one attached hydrogen (secondary N) is 1. The van der Waals surface area contributed by atoms with Crippen molar-refractivity contribution >= 4 is 6.03 Å². The van der Waals surface area contributed by atoms with E-state index >= 15 is 0 Å². The number of hydrogen-bond donors (Lipinski definition) is 2. The summed E-state index contributed by atoms with van der Waals surface area (Å²) >= 11 is 0. The van der Waals surface area contributed by atoms with E-state index in [1.54, 1.807) is 0 Å². The molecular formula is C5H9F3N2O. The summed E-state index contributed by atoms with van der Waals surface area (Å²) in [5.74, 6) is 0. The number of urea groups is 1. The predicted molar refractivity (Wildman–Crippen MR) is 32.9 cm³/mol. The molecule has 3 nitrogen and oxygen atoms in total. The van der Waals surface area contributed by atoms with Gasteiger partial charge in [0.25, 0.3) is 0 Å². The minimum atomic E-state index is -4.26. The molecule has 0 saturated carbocycles. The molecule has 0 aromatic heterocycles. The summed E-state index contributed by atoms with van der Waals surface area (Å²) in [5, 5.41) is 1.92. The van der Waals surface area contributed by atoms with Crippen LogP contribution in [-0.2, 0) is 0 Å². The monoisotopic (exact) mass is 170 g/mol. The first kappa shape index (κ1) is 10.1. The van der Waals surface area contributed by atoms with Crippen LogP contribution in [0.15, 0.2) is 0 Å². The lowest BCUT2D eigenvalue weighted by atomic mass is 10.2. The molecule has 0 aromatic carbocycles. The molecule has 3 N–H and O–H groups in total. The van der Waals surface area contributed by atoms with Crippen LogP contribution in [0, 0.1) is 0 Å². The maximum atomic E-state index is 11.6. The molecule has 0 spiro atoms. The van der Waals surface area contributed by atoms with Gasteiger partial charge in [-0.05, 0) is 6.92 Å². The third-order valence-corrected chi connectivity index (χ3v) is 0.926. The highest BCUT2D eigenvalue weighted by molar-refractivity contribution is 5.71. The van der Waals surface area contributed by atoms with Crippen molar-refractivity contribution in [2.24, 2.45) is 5.73 Å². The van der Waals surface area contributed by atoms with E-state index in [0.29, 0.717) is 0 Å². The van der Waals surface area contributed by atoms with Crippen LogP contribution < -0.4 is 11.1 Å². The Bertz CT molecular complexity index is 145. The highest BCUT2D eigenvalue weighted by Crippen LogP contribution is 2.20. The highest BCUT2D eigenvalue weighted by Gasteiger charge is 2.30. The fourth-order valence-electron chi connectivity index (χ4n) is 0.641. The van der Waals surface area contributed by atoms with Gasteiger partial charge in [-0.15, -0.1) is 0 Å². The van der Waals surface area contributed by atoms with Gasteiger partial charge >= 0.3 is 12.2 Å². The quantitative estimate of drug-likeness (QED) is 0.638. The lowest BCUT2D eigenvalue weighted by Crippen LogP contribution is -2.39. The Morgan fingerprint density at radius 3 is 2.36 bits per heavy atom. The van der Waals surface area contributed by atoms with Crippen molar-refractivity contribution in [3.8, 4) is 0 Å². The molecule has 6 heteroatoms. The van der Waals surface area contributed by atoms with Gasteiger partial charge < -0.3 is 11.1 Å². The zero-order valence-electron chi connectivity index (χ0n) is 5.90. The summed E-state index contributed by atoms with van der Waals surface area (Å²) in [4.78, 5) is 10.0. The molecular weight excluding hydrogens is 161 g/mol. The van der Waals surface area contributed by atoms with E-state index in [0.717, 1.165) is 0 Å². The second-order valence-electron chi connectivity index (χ2n) is 2.23. The number of halogens is 3. The molecule has 0 saturated heterocycles.